The summed E-state index contributed by atoms with van der Waals surface area (Å²) < 4.78 is 33.4. The number of aromatic nitrogens is 3. The molecule has 0 aliphatic heterocycles. The van der Waals surface area contributed by atoms with E-state index in [1.807, 2.05) is 0 Å². The molecule has 0 aliphatic rings. The molecule has 0 amide bonds. The molecule has 0 saturated heterocycles. The monoisotopic (exact) mass is 313 g/mol. The minimum atomic E-state index is -3.79. The molecular weight excluding hydrogens is 302 g/mol. The van der Waals surface area contributed by atoms with Crippen molar-refractivity contribution in [3.63, 3.8) is 0 Å². The number of fused-ring (bicyclic) bond motifs is 1. The molecule has 10 heteroatoms. The highest BCUT2D eigenvalue weighted by Gasteiger charge is 2.24. The van der Waals surface area contributed by atoms with Gasteiger partial charge in [-0.2, -0.15) is 0 Å². The van der Waals surface area contributed by atoms with Crippen LogP contribution < -0.4 is 10.5 Å². The molecule has 3 heterocycles. The van der Waals surface area contributed by atoms with E-state index in [1.165, 1.54) is 15.7 Å². The van der Waals surface area contributed by atoms with Crippen LogP contribution in [0.5, 0.6) is 0 Å². The van der Waals surface area contributed by atoms with Gasteiger partial charge < -0.3 is 10.3 Å². The van der Waals surface area contributed by atoms with Gasteiger partial charge >= 0.3 is 0 Å². The van der Waals surface area contributed by atoms with E-state index in [1.54, 1.807) is 24.6 Å². The van der Waals surface area contributed by atoms with Gasteiger partial charge in [0.2, 0.25) is 0 Å². The number of aryl methyl sites for hydroxylation is 1. The predicted octanol–water partition coefficient (Wildman–Crippen LogP) is 0.753. The van der Waals surface area contributed by atoms with Crippen LogP contribution in [-0.2, 0) is 16.6 Å². The molecule has 0 spiro atoms. The number of rotatable bonds is 4. The molecule has 0 bridgehead atoms. The summed E-state index contributed by atoms with van der Waals surface area (Å²) in [5.74, 6) is 0.397. The number of thiazole rings is 1. The van der Waals surface area contributed by atoms with Crippen LogP contribution in [0.3, 0.4) is 0 Å². The van der Waals surface area contributed by atoms with Gasteiger partial charge in [0.15, 0.2) is 21.6 Å². The van der Waals surface area contributed by atoms with Gasteiger partial charge in [-0.05, 0) is 6.92 Å². The molecule has 0 aromatic carbocycles. The fourth-order valence-corrected chi connectivity index (χ4v) is 3.76. The first-order valence-corrected chi connectivity index (χ1v) is 7.96. The van der Waals surface area contributed by atoms with E-state index in [2.05, 4.69) is 14.9 Å². The normalized spacial score (nSPS) is 12.2. The van der Waals surface area contributed by atoms with Crippen LogP contribution in [0, 0.1) is 6.92 Å². The first-order chi connectivity index (χ1) is 9.47. The van der Waals surface area contributed by atoms with Crippen molar-refractivity contribution in [1.82, 2.24) is 19.3 Å². The van der Waals surface area contributed by atoms with Crippen LogP contribution in [0.1, 0.15) is 11.5 Å². The maximum Gasteiger partial charge on any atom is 0.260 e. The highest BCUT2D eigenvalue weighted by Crippen LogP contribution is 2.23. The van der Waals surface area contributed by atoms with Crippen LogP contribution in [0.15, 0.2) is 27.2 Å². The van der Waals surface area contributed by atoms with E-state index in [-0.39, 0.29) is 17.4 Å². The van der Waals surface area contributed by atoms with Crippen molar-refractivity contribution in [1.29, 1.82) is 0 Å². The largest absolute Gasteiger partial charge is 0.381 e. The smallest absolute Gasteiger partial charge is 0.260 e. The second-order valence-electron chi connectivity index (χ2n) is 4.12. The SMILES string of the molecule is Cc1cc(CNS(=O)(=O)c2c(N)nc3sccn23)on1. The van der Waals surface area contributed by atoms with Crippen LogP contribution in [0.4, 0.5) is 5.82 Å². The third kappa shape index (κ3) is 2.17. The molecule has 20 heavy (non-hydrogen) atoms. The number of nitrogens with two attached hydrogens (primary N) is 1. The van der Waals surface area contributed by atoms with E-state index in [0.29, 0.717) is 16.4 Å². The summed E-state index contributed by atoms with van der Waals surface area (Å²) in [6, 6.07) is 1.66. The Balaban J connectivity index is 1.91. The first-order valence-electron chi connectivity index (χ1n) is 5.60. The predicted molar refractivity (Wildman–Crippen MR) is 72.7 cm³/mol. The molecule has 0 aliphatic carbocycles. The van der Waals surface area contributed by atoms with Gasteiger partial charge in [0.25, 0.3) is 10.0 Å². The van der Waals surface area contributed by atoms with Gasteiger partial charge in [-0.1, -0.05) is 5.16 Å². The Hall–Kier alpha value is -1.91. The highest BCUT2D eigenvalue weighted by molar-refractivity contribution is 7.89. The van der Waals surface area contributed by atoms with Crippen LogP contribution in [0.2, 0.25) is 0 Å². The number of hydrogen-bond acceptors (Lipinski definition) is 7. The molecule has 0 unspecified atom stereocenters. The maximum atomic E-state index is 12.3. The lowest BCUT2D eigenvalue weighted by atomic mass is 10.4. The Morgan fingerprint density at radius 3 is 3.05 bits per heavy atom. The first kappa shape index (κ1) is 13.1. The molecule has 3 rings (SSSR count). The number of hydrogen-bond donors (Lipinski definition) is 2. The van der Waals surface area contributed by atoms with Crippen molar-refractivity contribution >= 4 is 32.1 Å². The summed E-state index contributed by atoms with van der Waals surface area (Å²) in [7, 11) is -3.79. The number of nitrogens with one attached hydrogen (secondary N) is 1. The van der Waals surface area contributed by atoms with Gasteiger partial charge in [0.05, 0.1) is 12.2 Å². The average molecular weight is 313 g/mol. The summed E-state index contributed by atoms with van der Waals surface area (Å²) in [4.78, 5) is 4.53. The summed E-state index contributed by atoms with van der Waals surface area (Å²) in [6.07, 6.45) is 1.61. The summed E-state index contributed by atoms with van der Waals surface area (Å²) in [5, 5.41) is 5.36. The summed E-state index contributed by atoms with van der Waals surface area (Å²) >= 11 is 1.31. The number of anilines is 1. The molecule has 106 valence electrons. The van der Waals surface area contributed by atoms with Crippen molar-refractivity contribution in [2.75, 3.05) is 5.73 Å². The molecule has 0 atom stereocenters. The average Bonchev–Trinajstić information content (AvgIpc) is 3.02. The molecular formula is C10H11N5O3S2. The molecule has 3 aromatic heterocycles. The second-order valence-corrected chi connectivity index (χ2v) is 6.67. The van der Waals surface area contributed by atoms with E-state index in [4.69, 9.17) is 10.3 Å². The molecule has 0 radical (unpaired) electrons. The molecule has 0 saturated carbocycles. The fourth-order valence-electron chi connectivity index (χ4n) is 1.78. The van der Waals surface area contributed by atoms with Gasteiger partial charge in [-0.15, -0.1) is 11.3 Å². The van der Waals surface area contributed by atoms with Gasteiger partial charge in [-0.3, -0.25) is 4.40 Å². The van der Waals surface area contributed by atoms with Crippen molar-refractivity contribution in [3.8, 4) is 0 Å². The Bertz CT molecular complexity index is 861. The maximum absolute atomic E-state index is 12.3. The Labute approximate surface area is 118 Å². The Kier molecular flexibility index (Phi) is 3.00. The molecule has 3 aromatic rings. The van der Waals surface area contributed by atoms with Gasteiger partial charge in [0.1, 0.15) is 0 Å². The van der Waals surface area contributed by atoms with E-state index in [0.717, 1.165) is 0 Å². The minimum absolute atomic E-state index is 0.0000161. The summed E-state index contributed by atoms with van der Waals surface area (Å²) in [5.41, 5.74) is 6.36. The third-order valence-electron chi connectivity index (χ3n) is 2.61. The summed E-state index contributed by atoms with van der Waals surface area (Å²) in [6.45, 7) is 1.76. The number of imidazole rings is 1. The number of sulfonamides is 1. The topological polar surface area (TPSA) is 116 Å². The minimum Gasteiger partial charge on any atom is -0.381 e. The zero-order chi connectivity index (χ0) is 14.3. The second kappa shape index (κ2) is 4.58. The Morgan fingerprint density at radius 2 is 2.35 bits per heavy atom. The number of nitrogen functional groups attached to an aromatic ring is 1. The van der Waals surface area contributed by atoms with Crippen molar-refractivity contribution in [2.45, 2.75) is 18.5 Å². The van der Waals surface area contributed by atoms with Gasteiger partial charge in [0, 0.05) is 17.6 Å². The zero-order valence-electron chi connectivity index (χ0n) is 10.4. The lowest BCUT2D eigenvalue weighted by Crippen LogP contribution is -2.25. The lowest BCUT2D eigenvalue weighted by Gasteiger charge is -2.04. The van der Waals surface area contributed by atoms with Gasteiger partial charge in [-0.25, -0.2) is 18.1 Å². The fraction of sp³-hybridized carbons (Fsp3) is 0.200. The van der Waals surface area contributed by atoms with Crippen LogP contribution in [-0.4, -0.2) is 23.0 Å². The molecule has 0 fully saturated rings. The van der Waals surface area contributed by atoms with Crippen molar-refractivity contribution in [2.24, 2.45) is 0 Å². The Morgan fingerprint density at radius 1 is 1.55 bits per heavy atom. The van der Waals surface area contributed by atoms with E-state index in [9.17, 15) is 8.42 Å². The quantitative estimate of drug-likeness (QED) is 0.734. The standard InChI is InChI=1S/C10H11N5O3S2/c1-6-4-7(18-14-6)5-12-20(16,17)9-8(11)13-10-15(9)2-3-19-10/h2-4,12H,5,11H2,1H3. The van der Waals surface area contributed by atoms with Crippen molar-refractivity contribution in [3.05, 3.63) is 29.1 Å². The van der Waals surface area contributed by atoms with E-state index < -0.39 is 10.0 Å². The lowest BCUT2D eigenvalue weighted by molar-refractivity contribution is 0.377. The third-order valence-corrected chi connectivity index (χ3v) is 4.81. The molecule has 8 nitrogen and oxygen atoms in total. The highest BCUT2D eigenvalue weighted by atomic mass is 32.2. The number of nitrogens with zero attached hydrogens (tertiary/aromatic N) is 3. The van der Waals surface area contributed by atoms with E-state index >= 15 is 0 Å². The molecule has 3 N–H and O–H groups in total. The van der Waals surface area contributed by atoms with Crippen molar-refractivity contribution < 1.29 is 12.9 Å². The van der Waals surface area contributed by atoms with Crippen LogP contribution >= 0.6 is 11.3 Å². The van der Waals surface area contributed by atoms with Crippen LogP contribution in [0.25, 0.3) is 4.96 Å². The zero-order valence-corrected chi connectivity index (χ0v) is 12.0.